The zero-order chi connectivity index (χ0) is 25.6. The number of aromatic nitrogens is 1. The molecule has 3 aromatic rings. The Bertz CT molecular complexity index is 1300. The van der Waals surface area contributed by atoms with E-state index in [0.717, 1.165) is 78.3 Å². The Hall–Kier alpha value is -2.83. The molecule has 1 aromatic heterocycles. The lowest BCUT2D eigenvalue weighted by molar-refractivity contribution is -0.109. The quantitative estimate of drug-likeness (QED) is 0.416. The number of hydrogen-bond acceptors (Lipinski definition) is 6. The number of hydrogen-bond donors (Lipinski definition) is 1. The fraction of sp³-hybridized carbons (Fsp3) is 0.448. The van der Waals surface area contributed by atoms with Gasteiger partial charge in [0.2, 0.25) is 0 Å². The fourth-order valence-electron chi connectivity index (χ4n) is 5.57. The summed E-state index contributed by atoms with van der Waals surface area (Å²) in [5.74, 6) is 0.917. The van der Waals surface area contributed by atoms with Gasteiger partial charge in [-0.1, -0.05) is 17.7 Å². The number of carbonyl (C=O) groups excluding carboxylic acids is 1. The van der Waals surface area contributed by atoms with Crippen LogP contribution in [0.5, 0.6) is 11.5 Å². The van der Waals surface area contributed by atoms with Gasteiger partial charge < -0.3 is 24.4 Å². The topological polar surface area (TPSA) is 65.9 Å². The van der Waals surface area contributed by atoms with Gasteiger partial charge in [-0.25, -0.2) is 0 Å². The van der Waals surface area contributed by atoms with E-state index in [1.807, 2.05) is 18.3 Å². The number of anilines is 1. The average molecular weight is 508 g/mol. The number of aldehydes is 1. The lowest BCUT2D eigenvalue weighted by atomic mass is 9.87. The number of fused-ring (bicyclic) bond motifs is 1. The van der Waals surface area contributed by atoms with Crippen LogP contribution < -0.4 is 9.64 Å². The summed E-state index contributed by atoms with van der Waals surface area (Å²) in [6, 6.07) is 10.2. The van der Waals surface area contributed by atoms with Gasteiger partial charge in [-0.2, -0.15) is 0 Å². The minimum atomic E-state index is -0.425. The van der Waals surface area contributed by atoms with E-state index in [9.17, 15) is 9.90 Å². The number of pyridine rings is 1. The normalized spacial score (nSPS) is 18.4. The van der Waals surface area contributed by atoms with Gasteiger partial charge in [0.05, 0.1) is 28.8 Å². The monoisotopic (exact) mass is 507 g/mol. The molecule has 0 radical (unpaired) electrons. The van der Waals surface area contributed by atoms with Crippen LogP contribution >= 0.6 is 11.6 Å². The van der Waals surface area contributed by atoms with Gasteiger partial charge in [-0.05, 0) is 88.0 Å². The summed E-state index contributed by atoms with van der Waals surface area (Å²) in [4.78, 5) is 21.8. The molecule has 1 saturated carbocycles. The SMILES string of the molecule is COc1cc(-c2ccc3ncc(C4(C=O)CC4)c(N4CCC(C(C)N(C)C)CC4)c3c2)cc(Cl)c1O. The van der Waals surface area contributed by atoms with Crippen LogP contribution in [0.25, 0.3) is 22.0 Å². The average Bonchev–Trinajstić information content (AvgIpc) is 3.70. The molecule has 190 valence electrons. The van der Waals surface area contributed by atoms with Crippen LogP contribution in [0.15, 0.2) is 36.5 Å². The van der Waals surface area contributed by atoms with E-state index < -0.39 is 5.41 Å². The molecule has 7 heteroatoms. The second-order valence-corrected chi connectivity index (χ2v) is 11.0. The summed E-state index contributed by atoms with van der Waals surface area (Å²) in [5.41, 5.74) is 4.46. The third-order valence-corrected chi connectivity index (χ3v) is 8.61. The largest absolute Gasteiger partial charge is 0.503 e. The molecule has 1 N–H and O–H groups in total. The van der Waals surface area contributed by atoms with Crippen molar-refractivity contribution in [1.82, 2.24) is 9.88 Å². The number of benzene rings is 2. The number of ether oxygens (including phenoxy) is 1. The van der Waals surface area contributed by atoms with Crippen LogP contribution in [-0.4, -0.2) is 61.6 Å². The number of rotatable bonds is 7. The van der Waals surface area contributed by atoms with Gasteiger partial charge in [0, 0.05) is 36.3 Å². The second kappa shape index (κ2) is 9.56. The van der Waals surface area contributed by atoms with Gasteiger partial charge >= 0.3 is 0 Å². The first kappa shape index (κ1) is 24.8. The van der Waals surface area contributed by atoms with Crippen molar-refractivity contribution in [2.75, 3.05) is 39.2 Å². The van der Waals surface area contributed by atoms with Crippen LogP contribution in [0.4, 0.5) is 5.69 Å². The molecule has 0 spiro atoms. The van der Waals surface area contributed by atoms with Gasteiger partial charge in [0.15, 0.2) is 11.5 Å². The summed E-state index contributed by atoms with van der Waals surface area (Å²) in [6.07, 6.45) is 7.01. The lowest BCUT2D eigenvalue weighted by Crippen LogP contribution is -2.42. The van der Waals surface area contributed by atoms with Crippen LogP contribution in [-0.2, 0) is 10.2 Å². The minimum Gasteiger partial charge on any atom is -0.503 e. The maximum atomic E-state index is 12.2. The van der Waals surface area contributed by atoms with E-state index in [1.165, 1.54) is 7.11 Å². The summed E-state index contributed by atoms with van der Waals surface area (Å²) >= 11 is 6.30. The zero-order valence-electron chi connectivity index (χ0n) is 21.4. The van der Waals surface area contributed by atoms with Crippen LogP contribution in [0.1, 0.15) is 38.2 Å². The second-order valence-electron chi connectivity index (χ2n) is 10.6. The molecule has 0 bridgehead atoms. The lowest BCUT2D eigenvalue weighted by Gasteiger charge is -2.39. The van der Waals surface area contributed by atoms with Gasteiger partial charge in [0.25, 0.3) is 0 Å². The van der Waals surface area contributed by atoms with E-state index in [4.69, 9.17) is 21.3 Å². The molecule has 1 atom stereocenters. The Kier molecular flexibility index (Phi) is 6.60. The third-order valence-electron chi connectivity index (χ3n) is 8.32. The van der Waals surface area contributed by atoms with Gasteiger partial charge in [-0.15, -0.1) is 0 Å². The van der Waals surface area contributed by atoms with E-state index in [1.54, 1.807) is 12.1 Å². The van der Waals surface area contributed by atoms with E-state index >= 15 is 0 Å². The van der Waals surface area contributed by atoms with Crippen molar-refractivity contribution in [3.63, 3.8) is 0 Å². The highest BCUT2D eigenvalue weighted by atomic mass is 35.5. The number of nitrogens with zero attached hydrogens (tertiary/aromatic N) is 3. The highest BCUT2D eigenvalue weighted by Crippen LogP contribution is 2.51. The van der Waals surface area contributed by atoms with Crippen LogP contribution in [0, 0.1) is 5.92 Å². The molecular formula is C29H34ClN3O3. The molecule has 2 aromatic carbocycles. The first-order valence-electron chi connectivity index (χ1n) is 12.7. The highest BCUT2D eigenvalue weighted by molar-refractivity contribution is 6.32. The number of piperidine rings is 1. The Balaban J connectivity index is 1.61. The number of phenols is 1. The Morgan fingerprint density at radius 2 is 1.92 bits per heavy atom. The molecule has 1 aliphatic heterocycles. The number of methoxy groups -OCH3 is 1. The van der Waals surface area contributed by atoms with E-state index in [-0.39, 0.29) is 10.8 Å². The van der Waals surface area contributed by atoms with Crippen LogP contribution in [0.3, 0.4) is 0 Å². The van der Waals surface area contributed by atoms with E-state index in [2.05, 4.69) is 36.9 Å². The third kappa shape index (κ3) is 4.31. The summed E-state index contributed by atoms with van der Waals surface area (Å²) in [5, 5.41) is 11.5. The molecule has 2 aliphatic rings. The molecule has 0 amide bonds. The Morgan fingerprint density at radius 3 is 2.53 bits per heavy atom. The molecular weight excluding hydrogens is 474 g/mol. The summed E-state index contributed by atoms with van der Waals surface area (Å²) in [6.45, 7) is 4.21. The van der Waals surface area contributed by atoms with Crippen molar-refractivity contribution in [1.29, 1.82) is 0 Å². The number of halogens is 1. The minimum absolute atomic E-state index is 0.0650. The van der Waals surface area contributed by atoms with E-state index in [0.29, 0.717) is 17.7 Å². The molecule has 5 rings (SSSR count). The number of phenolic OH excluding ortho intramolecular Hbond substituents is 1. The Labute approximate surface area is 217 Å². The molecule has 2 fully saturated rings. The molecule has 1 aliphatic carbocycles. The van der Waals surface area contributed by atoms with Crippen molar-refractivity contribution in [2.24, 2.45) is 5.92 Å². The highest BCUT2D eigenvalue weighted by Gasteiger charge is 2.47. The first-order valence-corrected chi connectivity index (χ1v) is 13.0. The fourth-order valence-corrected chi connectivity index (χ4v) is 5.78. The first-order chi connectivity index (χ1) is 17.3. The smallest absolute Gasteiger partial charge is 0.176 e. The Morgan fingerprint density at radius 1 is 1.19 bits per heavy atom. The van der Waals surface area contributed by atoms with Gasteiger partial charge in [-0.3, -0.25) is 4.98 Å². The molecule has 6 nitrogen and oxygen atoms in total. The zero-order valence-corrected chi connectivity index (χ0v) is 22.2. The van der Waals surface area contributed by atoms with Crippen molar-refractivity contribution in [3.8, 4) is 22.6 Å². The standard InChI is InChI=1S/C29H34ClN3O3/c1-18(32(2)3)19-7-11-33(12-8-19)27-22-13-20(21-14-24(30)28(35)26(15-21)36-4)5-6-25(22)31-16-23(27)29(17-34)9-10-29/h5-6,13-19,35H,7-12H2,1-4H3. The van der Waals surface area contributed by atoms with Crippen molar-refractivity contribution >= 4 is 34.5 Å². The van der Waals surface area contributed by atoms with Gasteiger partial charge in [0.1, 0.15) is 6.29 Å². The predicted molar refractivity (Wildman–Crippen MR) is 145 cm³/mol. The maximum Gasteiger partial charge on any atom is 0.176 e. The molecule has 36 heavy (non-hydrogen) atoms. The van der Waals surface area contributed by atoms with Crippen molar-refractivity contribution in [2.45, 2.75) is 44.1 Å². The van der Waals surface area contributed by atoms with Crippen molar-refractivity contribution < 1.29 is 14.6 Å². The molecule has 1 unspecified atom stereocenters. The predicted octanol–water partition coefficient (Wildman–Crippen LogP) is 5.67. The van der Waals surface area contributed by atoms with Crippen LogP contribution in [0.2, 0.25) is 5.02 Å². The summed E-state index contributed by atoms with van der Waals surface area (Å²) in [7, 11) is 5.82. The maximum absolute atomic E-state index is 12.2. The summed E-state index contributed by atoms with van der Waals surface area (Å²) < 4.78 is 5.33. The van der Waals surface area contributed by atoms with Crippen molar-refractivity contribution in [3.05, 3.63) is 47.1 Å². The number of carbonyl (C=O) groups is 1. The molecule has 1 saturated heterocycles. The number of aromatic hydroxyl groups is 1. The molecule has 2 heterocycles.